The molecule has 1 aliphatic heterocycles. The van der Waals surface area contributed by atoms with Crippen LogP contribution in [0.1, 0.15) is 19.3 Å². The fraction of sp³-hybridized carbons (Fsp3) is 1.00. The molecule has 0 bridgehead atoms. The lowest BCUT2D eigenvalue weighted by Gasteiger charge is -2.35. The first-order valence-electron chi connectivity index (χ1n) is 6.14. The van der Waals surface area contributed by atoms with Gasteiger partial charge in [0.25, 0.3) is 0 Å². The zero-order valence-electron chi connectivity index (χ0n) is 10.9. The predicted molar refractivity (Wildman–Crippen MR) is 79.6 cm³/mol. The van der Waals surface area contributed by atoms with Gasteiger partial charge in [0.05, 0.1) is 11.5 Å². The molecule has 4 nitrogen and oxygen atoms in total. The van der Waals surface area contributed by atoms with Crippen LogP contribution in [0.5, 0.6) is 0 Å². The van der Waals surface area contributed by atoms with Crippen molar-refractivity contribution in [2.45, 2.75) is 19.3 Å². The van der Waals surface area contributed by atoms with Gasteiger partial charge in [-0.3, -0.25) is 0 Å². The SMILES string of the molecule is CS(=O)(=O)CCCC(CCl)(CCl)C1CCS(=O)(=O)C1. The van der Waals surface area contributed by atoms with E-state index in [1.807, 2.05) is 0 Å². The smallest absolute Gasteiger partial charge is 0.150 e. The first-order chi connectivity index (χ1) is 8.64. The lowest BCUT2D eigenvalue weighted by Crippen LogP contribution is -2.36. The summed E-state index contributed by atoms with van der Waals surface area (Å²) >= 11 is 12.0. The lowest BCUT2D eigenvalue weighted by molar-refractivity contribution is 0.225. The van der Waals surface area contributed by atoms with E-state index in [4.69, 9.17) is 23.2 Å². The van der Waals surface area contributed by atoms with Crippen LogP contribution >= 0.6 is 23.2 Å². The van der Waals surface area contributed by atoms with Crippen molar-refractivity contribution >= 4 is 42.9 Å². The minimum atomic E-state index is -3.01. The first-order valence-corrected chi connectivity index (χ1v) is 11.1. The number of rotatable bonds is 7. The van der Waals surface area contributed by atoms with Gasteiger partial charge in [-0.15, -0.1) is 23.2 Å². The maximum atomic E-state index is 11.6. The van der Waals surface area contributed by atoms with Crippen molar-refractivity contribution in [2.24, 2.45) is 11.3 Å². The van der Waals surface area contributed by atoms with E-state index in [1.165, 1.54) is 6.26 Å². The molecule has 0 aliphatic carbocycles. The second-order valence-electron chi connectivity index (χ2n) is 5.46. The molecular weight excluding hydrogens is 331 g/mol. The summed E-state index contributed by atoms with van der Waals surface area (Å²) in [6.45, 7) is 0. The maximum Gasteiger partial charge on any atom is 0.150 e. The van der Waals surface area contributed by atoms with Gasteiger partial charge in [0.15, 0.2) is 9.84 Å². The Morgan fingerprint density at radius 3 is 2.21 bits per heavy atom. The highest BCUT2D eigenvalue weighted by Crippen LogP contribution is 2.42. The van der Waals surface area contributed by atoms with Gasteiger partial charge in [0.2, 0.25) is 0 Å². The minimum absolute atomic E-state index is 0.0629. The monoisotopic (exact) mass is 350 g/mol. The van der Waals surface area contributed by atoms with Crippen molar-refractivity contribution in [1.29, 1.82) is 0 Å². The van der Waals surface area contributed by atoms with Gasteiger partial charge < -0.3 is 0 Å². The van der Waals surface area contributed by atoms with E-state index in [9.17, 15) is 16.8 Å². The molecule has 0 radical (unpaired) electrons. The molecule has 1 saturated heterocycles. The number of hydrogen-bond donors (Lipinski definition) is 0. The number of halogens is 2. The van der Waals surface area contributed by atoms with Crippen LogP contribution in [0.15, 0.2) is 0 Å². The van der Waals surface area contributed by atoms with Crippen LogP contribution in [0, 0.1) is 11.3 Å². The van der Waals surface area contributed by atoms with E-state index in [0.717, 1.165) is 0 Å². The Balaban J connectivity index is 2.74. The Bertz CT molecular complexity index is 495. The van der Waals surface area contributed by atoms with Crippen LogP contribution < -0.4 is 0 Å². The molecule has 0 spiro atoms. The van der Waals surface area contributed by atoms with Crippen LogP contribution in [0.4, 0.5) is 0 Å². The maximum absolute atomic E-state index is 11.6. The molecule has 1 rings (SSSR count). The second-order valence-corrected chi connectivity index (χ2v) is 10.5. The summed E-state index contributed by atoms with van der Waals surface area (Å²) in [5.41, 5.74) is -0.475. The molecule has 0 N–H and O–H groups in total. The number of alkyl halides is 2. The van der Waals surface area contributed by atoms with Gasteiger partial charge >= 0.3 is 0 Å². The fourth-order valence-electron chi connectivity index (χ4n) is 2.56. The summed E-state index contributed by atoms with van der Waals surface area (Å²) in [4.78, 5) is 0. The Labute approximate surface area is 125 Å². The largest absolute Gasteiger partial charge is 0.229 e. The summed E-state index contributed by atoms with van der Waals surface area (Å²) in [7, 11) is -6.00. The van der Waals surface area contributed by atoms with Gasteiger partial charge in [-0.2, -0.15) is 0 Å². The van der Waals surface area contributed by atoms with Crippen molar-refractivity contribution in [1.82, 2.24) is 0 Å². The van der Waals surface area contributed by atoms with Gasteiger partial charge in [-0.1, -0.05) is 0 Å². The van der Waals surface area contributed by atoms with Gasteiger partial charge in [0, 0.05) is 29.2 Å². The molecule has 19 heavy (non-hydrogen) atoms. The quantitative estimate of drug-likeness (QED) is 0.655. The molecule has 0 aromatic rings. The zero-order valence-corrected chi connectivity index (χ0v) is 14.1. The highest BCUT2D eigenvalue weighted by atomic mass is 35.5. The summed E-state index contributed by atoms with van der Waals surface area (Å²) in [6, 6.07) is 0. The third-order valence-electron chi connectivity index (χ3n) is 3.82. The van der Waals surface area contributed by atoms with Crippen molar-refractivity contribution in [3.8, 4) is 0 Å². The standard InChI is InChI=1S/C11H20Cl2O4S2/c1-18(14,15)5-2-4-11(8-12,9-13)10-3-6-19(16,17)7-10/h10H,2-9H2,1H3. The zero-order chi connectivity index (χ0) is 14.7. The van der Waals surface area contributed by atoms with Crippen LogP contribution in [0.2, 0.25) is 0 Å². The molecule has 1 unspecified atom stereocenters. The second kappa shape index (κ2) is 6.50. The van der Waals surface area contributed by atoms with E-state index in [-0.39, 0.29) is 34.9 Å². The molecule has 114 valence electrons. The summed E-state index contributed by atoms with van der Waals surface area (Å²) in [6.07, 6.45) is 2.78. The van der Waals surface area contributed by atoms with Gasteiger partial charge in [0.1, 0.15) is 9.84 Å². The Kier molecular flexibility index (Phi) is 6.00. The summed E-state index contributed by atoms with van der Waals surface area (Å²) in [5.74, 6) is 0.847. The Hall–Kier alpha value is 0.480. The van der Waals surface area contributed by atoms with Crippen molar-refractivity contribution in [3.05, 3.63) is 0 Å². The van der Waals surface area contributed by atoms with E-state index < -0.39 is 25.1 Å². The van der Waals surface area contributed by atoms with E-state index >= 15 is 0 Å². The van der Waals surface area contributed by atoms with E-state index in [0.29, 0.717) is 19.3 Å². The summed E-state index contributed by atoms with van der Waals surface area (Å²) < 4.78 is 45.5. The molecule has 1 atom stereocenters. The Morgan fingerprint density at radius 1 is 1.26 bits per heavy atom. The van der Waals surface area contributed by atoms with Crippen LogP contribution in [0.25, 0.3) is 0 Å². The van der Waals surface area contributed by atoms with Crippen LogP contribution in [-0.2, 0) is 19.7 Å². The van der Waals surface area contributed by atoms with Gasteiger partial charge in [-0.05, 0) is 25.2 Å². The van der Waals surface area contributed by atoms with E-state index in [1.54, 1.807) is 0 Å². The van der Waals surface area contributed by atoms with Crippen LogP contribution in [0.3, 0.4) is 0 Å². The minimum Gasteiger partial charge on any atom is -0.229 e. The average molecular weight is 351 g/mol. The van der Waals surface area contributed by atoms with Crippen molar-refractivity contribution in [3.63, 3.8) is 0 Å². The third kappa shape index (κ3) is 5.06. The lowest BCUT2D eigenvalue weighted by atomic mass is 9.75. The van der Waals surface area contributed by atoms with Crippen LogP contribution in [-0.4, -0.2) is 52.1 Å². The molecule has 1 heterocycles. The molecule has 0 amide bonds. The highest BCUT2D eigenvalue weighted by molar-refractivity contribution is 7.91. The molecule has 1 fully saturated rings. The molecule has 1 aliphatic rings. The average Bonchev–Trinajstić information content (AvgIpc) is 2.64. The van der Waals surface area contributed by atoms with Crippen molar-refractivity contribution in [2.75, 3.05) is 35.3 Å². The fourth-order valence-corrected chi connectivity index (χ4v) is 6.16. The topological polar surface area (TPSA) is 68.3 Å². The normalized spacial score (nSPS) is 23.6. The van der Waals surface area contributed by atoms with E-state index in [2.05, 4.69) is 0 Å². The molecule has 0 aromatic carbocycles. The molecular formula is C11H20Cl2O4S2. The van der Waals surface area contributed by atoms with Crippen molar-refractivity contribution < 1.29 is 16.8 Å². The molecule has 0 aromatic heterocycles. The van der Waals surface area contributed by atoms with Gasteiger partial charge in [-0.25, -0.2) is 16.8 Å². The predicted octanol–water partition coefficient (Wildman–Crippen LogP) is 1.71. The summed E-state index contributed by atoms with van der Waals surface area (Å²) in [5, 5.41) is 0. The molecule has 0 saturated carbocycles. The molecule has 8 heteroatoms. The Morgan fingerprint density at radius 2 is 1.84 bits per heavy atom. The number of sulfone groups is 2. The number of hydrogen-bond acceptors (Lipinski definition) is 4. The third-order valence-corrected chi connectivity index (χ3v) is 7.68. The highest BCUT2D eigenvalue weighted by Gasteiger charge is 2.43. The first kappa shape index (κ1) is 17.5.